The molecule has 4 nitrogen and oxygen atoms in total. The standard InChI is InChI=1S/C21H16N2O2/c1-3-18-17(13-24-2)21-16-11-15(25-14-7-5-4-6-8-14)9-10-19(16)23-20(21)12-22-18/h1,4-12,23H,13H2,2H3. The second-order valence-corrected chi connectivity index (χ2v) is 5.70. The van der Waals surface area contributed by atoms with Crippen molar-refractivity contribution in [2.45, 2.75) is 6.61 Å². The number of ether oxygens (including phenoxy) is 2. The maximum absolute atomic E-state index is 5.96. The molecule has 0 aliphatic heterocycles. The Balaban J connectivity index is 1.91. The summed E-state index contributed by atoms with van der Waals surface area (Å²) in [5.74, 6) is 4.21. The van der Waals surface area contributed by atoms with Crippen LogP contribution < -0.4 is 4.74 Å². The first-order valence-electron chi connectivity index (χ1n) is 7.92. The van der Waals surface area contributed by atoms with Gasteiger partial charge in [-0.05, 0) is 36.3 Å². The minimum atomic E-state index is 0.403. The molecule has 0 radical (unpaired) electrons. The number of hydrogen-bond donors (Lipinski definition) is 1. The fourth-order valence-corrected chi connectivity index (χ4v) is 3.04. The lowest BCUT2D eigenvalue weighted by Gasteiger charge is -2.07. The molecule has 4 aromatic rings. The molecule has 0 aliphatic rings. The van der Waals surface area contributed by atoms with Gasteiger partial charge in [-0.3, -0.25) is 0 Å². The number of hydrogen-bond acceptors (Lipinski definition) is 3. The summed E-state index contributed by atoms with van der Waals surface area (Å²) in [6.45, 7) is 0.403. The van der Waals surface area contributed by atoms with Gasteiger partial charge < -0.3 is 14.5 Å². The first-order valence-corrected chi connectivity index (χ1v) is 7.92. The van der Waals surface area contributed by atoms with Gasteiger partial charge in [-0.15, -0.1) is 6.42 Å². The summed E-state index contributed by atoms with van der Waals surface area (Å²) in [4.78, 5) is 7.73. The van der Waals surface area contributed by atoms with Crippen molar-refractivity contribution in [1.29, 1.82) is 0 Å². The minimum absolute atomic E-state index is 0.403. The highest BCUT2D eigenvalue weighted by Crippen LogP contribution is 2.33. The Morgan fingerprint density at radius 2 is 1.92 bits per heavy atom. The number of fused-ring (bicyclic) bond motifs is 3. The molecule has 0 bridgehead atoms. The Morgan fingerprint density at radius 1 is 1.08 bits per heavy atom. The summed E-state index contributed by atoms with van der Waals surface area (Å²) >= 11 is 0. The van der Waals surface area contributed by atoms with Crippen LogP contribution in [-0.4, -0.2) is 17.1 Å². The van der Waals surface area contributed by atoms with Crippen LogP contribution in [0.1, 0.15) is 11.3 Å². The maximum Gasteiger partial charge on any atom is 0.128 e. The zero-order valence-electron chi connectivity index (χ0n) is 13.7. The van der Waals surface area contributed by atoms with E-state index in [2.05, 4.69) is 15.9 Å². The molecule has 122 valence electrons. The number of H-pyrrole nitrogens is 1. The number of para-hydroxylation sites is 1. The van der Waals surface area contributed by atoms with Gasteiger partial charge in [0.15, 0.2) is 0 Å². The van der Waals surface area contributed by atoms with E-state index in [0.717, 1.165) is 38.9 Å². The Bertz CT molecular complexity index is 1090. The van der Waals surface area contributed by atoms with E-state index in [1.807, 2.05) is 48.5 Å². The number of methoxy groups -OCH3 is 1. The van der Waals surface area contributed by atoms with Crippen molar-refractivity contribution in [3.63, 3.8) is 0 Å². The van der Waals surface area contributed by atoms with Crippen LogP contribution in [0.5, 0.6) is 11.5 Å². The number of nitrogens with one attached hydrogen (secondary N) is 1. The van der Waals surface area contributed by atoms with E-state index in [4.69, 9.17) is 15.9 Å². The molecule has 0 saturated carbocycles. The molecular formula is C21H16N2O2. The Labute approximate surface area is 145 Å². The van der Waals surface area contributed by atoms with Crippen molar-refractivity contribution < 1.29 is 9.47 Å². The highest BCUT2D eigenvalue weighted by atomic mass is 16.5. The predicted octanol–water partition coefficient (Wildman–Crippen LogP) is 4.64. The lowest BCUT2D eigenvalue weighted by Crippen LogP contribution is -1.96. The quantitative estimate of drug-likeness (QED) is 0.555. The number of aromatic nitrogens is 2. The number of aromatic amines is 1. The SMILES string of the molecule is C#Cc1ncc2[nH]c3ccc(Oc4ccccc4)cc3c2c1COC. The second kappa shape index (κ2) is 6.31. The largest absolute Gasteiger partial charge is 0.457 e. The third-order valence-corrected chi connectivity index (χ3v) is 4.11. The van der Waals surface area contributed by atoms with Crippen LogP contribution in [-0.2, 0) is 11.3 Å². The van der Waals surface area contributed by atoms with E-state index < -0.39 is 0 Å². The fourth-order valence-electron chi connectivity index (χ4n) is 3.04. The highest BCUT2D eigenvalue weighted by Gasteiger charge is 2.14. The van der Waals surface area contributed by atoms with Gasteiger partial charge in [-0.1, -0.05) is 18.2 Å². The van der Waals surface area contributed by atoms with Crippen molar-refractivity contribution in [2.75, 3.05) is 7.11 Å². The third kappa shape index (κ3) is 2.71. The first-order chi connectivity index (χ1) is 12.3. The van der Waals surface area contributed by atoms with Gasteiger partial charge in [0.1, 0.15) is 17.2 Å². The summed E-state index contributed by atoms with van der Waals surface area (Å²) in [6, 6.07) is 15.7. The first kappa shape index (κ1) is 15.3. The van der Waals surface area contributed by atoms with Crippen LogP contribution in [0.3, 0.4) is 0 Å². The predicted molar refractivity (Wildman–Crippen MR) is 98.8 cm³/mol. The number of nitrogens with zero attached hydrogens (tertiary/aromatic N) is 1. The van der Waals surface area contributed by atoms with Gasteiger partial charge >= 0.3 is 0 Å². The van der Waals surface area contributed by atoms with E-state index in [9.17, 15) is 0 Å². The van der Waals surface area contributed by atoms with Crippen molar-refractivity contribution in [1.82, 2.24) is 9.97 Å². The molecule has 0 aliphatic carbocycles. The van der Waals surface area contributed by atoms with E-state index in [1.165, 1.54) is 0 Å². The number of terminal acetylenes is 1. The monoisotopic (exact) mass is 328 g/mol. The van der Waals surface area contributed by atoms with Gasteiger partial charge in [-0.2, -0.15) is 0 Å². The maximum atomic E-state index is 5.96. The van der Waals surface area contributed by atoms with Gasteiger partial charge in [-0.25, -0.2) is 4.98 Å². The average molecular weight is 328 g/mol. The summed E-state index contributed by atoms with van der Waals surface area (Å²) < 4.78 is 11.3. The highest BCUT2D eigenvalue weighted by molar-refractivity contribution is 6.09. The molecule has 0 fully saturated rings. The molecule has 1 N–H and O–H groups in total. The topological polar surface area (TPSA) is 47.1 Å². The Kier molecular flexibility index (Phi) is 3.85. The normalized spacial score (nSPS) is 10.9. The van der Waals surface area contributed by atoms with Crippen molar-refractivity contribution in [3.8, 4) is 23.8 Å². The molecule has 2 aromatic heterocycles. The summed E-state index contributed by atoms with van der Waals surface area (Å²) in [6.07, 6.45) is 7.38. The second-order valence-electron chi connectivity index (χ2n) is 5.70. The molecule has 0 saturated heterocycles. The Hall–Kier alpha value is -3.29. The Morgan fingerprint density at radius 3 is 2.68 bits per heavy atom. The summed E-state index contributed by atoms with van der Waals surface area (Å²) in [5.41, 5.74) is 3.44. The molecule has 4 rings (SSSR count). The third-order valence-electron chi connectivity index (χ3n) is 4.11. The van der Waals surface area contributed by atoms with Crippen LogP contribution >= 0.6 is 0 Å². The van der Waals surface area contributed by atoms with Gasteiger partial charge in [0, 0.05) is 29.0 Å². The van der Waals surface area contributed by atoms with E-state index in [-0.39, 0.29) is 0 Å². The van der Waals surface area contributed by atoms with Crippen molar-refractivity contribution in [2.24, 2.45) is 0 Å². The molecule has 0 unspecified atom stereocenters. The lowest BCUT2D eigenvalue weighted by atomic mass is 10.1. The van der Waals surface area contributed by atoms with Gasteiger partial charge in [0.05, 0.1) is 18.3 Å². The van der Waals surface area contributed by atoms with Crippen LogP contribution in [0.15, 0.2) is 54.7 Å². The van der Waals surface area contributed by atoms with Crippen LogP contribution in [0.25, 0.3) is 21.8 Å². The number of pyridine rings is 1. The number of benzene rings is 2. The van der Waals surface area contributed by atoms with Gasteiger partial charge in [0.25, 0.3) is 0 Å². The van der Waals surface area contributed by atoms with E-state index in [0.29, 0.717) is 12.3 Å². The molecule has 0 amide bonds. The molecular weight excluding hydrogens is 312 g/mol. The van der Waals surface area contributed by atoms with Crippen LogP contribution in [0, 0.1) is 12.3 Å². The van der Waals surface area contributed by atoms with E-state index >= 15 is 0 Å². The smallest absolute Gasteiger partial charge is 0.128 e. The fraction of sp³-hybridized carbons (Fsp3) is 0.0952. The lowest BCUT2D eigenvalue weighted by molar-refractivity contribution is 0.185. The summed E-state index contributed by atoms with van der Waals surface area (Å²) in [7, 11) is 1.65. The minimum Gasteiger partial charge on any atom is -0.457 e. The van der Waals surface area contributed by atoms with Crippen molar-refractivity contribution >= 4 is 21.8 Å². The van der Waals surface area contributed by atoms with Gasteiger partial charge in [0.2, 0.25) is 0 Å². The zero-order valence-corrected chi connectivity index (χ0v) is 13.7. The molecule has 2 heterocycles. The van der Waals surface area contributed by atoms with Crippen LogP contribution in [0.4, 0.5) is 0 Å². The summed E-state index contributed by atoms with van der Waals surface area (Å²) in [5, 5.41) is 2.06. The molecule has 0 spiro atoms. The molecule has 2 aromatic carbocycles. The molecule has 0 atom stereocenters. The van der Waals surface area contributed by atoms with Crippen molar-refractivity contribution in [3.05, 3.63) is 66.0 Å². The number of rotatable bonds is 4. The molecule has 25 heavy (non-hydrogen) atoms. The van der Waals surface area contributed by atoms with E-state index in [1.54, 1.807) is 13.3 Å². The average Bonchev–Trinajstić information content (AvgIpc) is 3.01. The molecule has 4 heteroatoms. The van der Waals surface area contributed by atoms with Crippen LogP contribution in [0.2, 0.25) is 0 Å². The zero-order chi connectivity index (χ0) is 17.2.